The van der Waals surface area contributed by atoms with E-state index in [0.717, 1.165) is 62.3 Å². The first-order valence-electron chi connectivity index (χ1n) is 11.9. The molecule has 2 aromatic rings. The quantitative estimate of drug-likeness (QED) is 0.664. The van der Waals surface area contributed by atoms with Crippen molar-refractivity contribution in [2.45, 2.75) is 71.1 Å². The van der Waals surface area contributed by atoms with E-state index in [2.05, 4.69) is 14.8 Å². The number of ether oxygens (including phenoxy) is 1. The maximum Gasteiger partial charge on any atom is 0.410 e. The van der Waals surface area contributed by atoms with E-state index < -0.39 is 0 Å². The van der Waals surface area contributed by atoms with Crippen LogP contribution in [0.15, 0.2) is 18.2 Å². The lowest BCUT2D eigenvalue weighted by Gasteiger charge is -2.32. The fourth-order valence-electron chi connectivity index (χ4n) is 4.70. The summed E-state index contributed by atoms with van der Waals surface area (Å²) in [7, 11) is 0. The average Bonchev–Trinajstić information content (AvgIpc) is 3.61. The van der Waals surface area contributed by atoms with Gasteiger partial charge in [-0.15, -0.1) is 10.2 Å². The molecule has 2 aliphatic heterocycles. The lowest BCUT2D eigenvalue weighted by molar-refractivity contribution is -0.133. The number of carbonyl (C=O) groups is 2. The fourth-order valence-corrected chi connectivity index (χ4v) is 4.89. The second-order valence-corrected chi connectivity index (χ2v) is 9.85. The summed E-state index contributed by atoms with van der Waals surface area (Å²) in [5, 5.41) is 9.68. The molecule has 176 valence electrons. The smallest absolute Gasteiger partial charge is 0.410 e. The third-order valence-electron chi connectivity index (χ3n) is 6.96. The number of hydrogen-bond acceptors (Lipinski definition) is 5. The molecule has 2 amide bonds. The van der Waals surface area contributed by atoms with Crippen LogP contribution >= 0.6 is 11.6 Å². The molecule has 0 spiro atoms. The van der Waals surface area contributed by atoms with Gasteiger partial charge in [-0.25, -0.2) is 4.79 Å². The zero-order valence-electron chi connectivity index (χ0n) is 19.2. The summed E-state index contributed by atoms with van der Waals surface area (Å²) in [5.41, 5.74) is 1.88. The fraction of sp³-hybridized carbons (Fsp3) is 0.583. The highest BCUT2D eigenvalue weighted by Crippen LogP contribution is 2.36. The van der Waals surface area contributed by atoms with Crippen molar-refractivity contribution in [1.29, 1.82) is 0 Å². The largest absolute Gasteiger partial charge is 0.446 e. The number of fused-ring (bicyclic) bond motifs is 3. The third kappa shape index (κ3) is 4.45. The van der Waals surface area contributed by atoms with Gasteiger partial charge >= 0.3 is 6.09 Å². The topological polar surface area (TPSA) is 80.6 Å². The number of rotatable bonds is 4. The molecule has 9 heteroatoms. The Kier molecular flexibility index (Phi) is 6.03. The van der Waals surface area contributed by atoms with Gasteiger partial charge in [0.05, 0.1) is 18.8 Å². The van der Waals surface area contributed by atoms with Gasteiger partial charge in [0.25, 0.3) is 0 Å². The van der Waals surface area contributed by atoms with E-state index in [9.17, 15) is 9.59 Å². The molecular weight excluding hydrogens is 442 g/mol. The molecule has 0 N–H and O–H groups in total. The maximum absolute atomic E-state index is 12.9. The molecule has 1 saturated carbocycles. The Bertz CT molecular complexity index is 1060. The number of nitrogens with zero attached hydrogens (tertiary/aromatic N) is 5. The van der Waals surface area contributed by atoms with Crippen molar-refractivity contribution >= 4 is 23.6 Å². The predicted molar refractivity (Wildman–Crippen MR) is 123 cm³/mol. The SMILES string of the molecule is CC[C@@H](C)OC(=O)N1Cc2cc(Cl)ccc2-n2c(nnc2C2CCN(C(=O)C3CC3)CC2)C1. The minimum absolute atomic E-state index is 0.156. The highest BCUT2D eigenvalue weighted by Gasteiger charge is 2.37. The van der Waals surface area contributed by atoms with Gasteiger partial charge in [-0.2, -0.15) is 0 Å². The Hall–Kier alpha value is -2.61. The van der Waals surface area contributed by atoms with Crippen LogP contribution in [0.25, 0.3) is 5.69 Å². The van der Waals surface area contributed by atoms with Crippen LogP contribution in [-0.2, 0) is 22.6 Å². The molecule has 33 heavy (non-hydrogen) atoms. The molecule has 1 atom stereocenters. The molecule has 3 aliphatic rings. The molecule has 1 aromatic carbocycles. The summed E-state index contributed by atoms with van der Waals surface area (Å²) in [5.74, 6) is 2.37. The summed E-state index contributed by atoms with van der Waals surface area (Å²) in [4.78, 5) is 29.0. The van der Waals surface area contributed by atoms with Crippen LogP contribution in [0.3, 0.4) is 0 Å². The van der Waals surface area contributed by atoms with Crippen molar-refractivity contribution in [3.8, 4) is 5.69 Å². The number of likely N-dealkylation sites (tertiary alicyclic amines) is 1. The molecule has 1 aromatic heterocycles. The number of benzene rings is 1. The molecule has 3 heterocycles. The lowest BCUT2D eigenvalue weighted by atomic mass is 9.95. The number of piperidine rings is 1. The van der Waals surface area contributed by atoms with Crippen molar-refractivity contribution in [3.05, 3.63) is 40.4 Å². The van der Waals surface area contributed by atoms with Gasteiger partial charge in [-0.3, -0.25) is 14.3 Å². The average molecular weight is 472 g/mol. The molecule has 2 fully saturated rings. The second kappa shape index (κ2) is 8.97. The molecule has 1 saturated heterocycles. The summed E-state index contributed by atoms with van der Waals surface area (Å²) in [6.07, 6.45) is 4.03. The first-order valence-corrected chi connectivity index (χ1v) is 12.3. The summed E-state index contributed by atoms with van der Waals surface area (Å²) in [6, 6.07) is 5.73. The molecule has 0 unspecified atom stereocenters. The van der Waals surface area contributed by atoms with Crippen LogP contribution in [0.5, 0.6) is 0 Å². The van der Waals surface area contributed by atoms with Gasteiger partial charge in [0.1, 0.15) is 11.9 Å². The van der Waals surface area contributed by atoms with E-state index in [-0.39, 0.29) is 24.0 Å². The molecule has 8 nitrogen and oxygen atoms in total. The molecule has 5 rings (SSSR count). The first-order chi connectivity index (χ1) is 15.9. The zero-order chi connectivity index (χ0) is 23.1. The highest BCUT2D eigenvalue weighted by atomic mass is 35.5. The van der Waals surface area contributed by atoms with Crippen molar-refractivity contribution in [2.75, 3.05) is 13.1 Å². The van der Waals surface area contributed by atoms with Crippen molar-refractivity contribution in [1.82, 2.24) is 24.6 Å². The van der Waals surface area contributed by atoms with Crippen LogP contribution in [-0.4, -0.2) is 55.8 Å². The minimum atomic E-state index is -0.361. The third-order valence-corrected chi connectivity index (χ3v) is 7.20. The Morgan fingerprint density at radius 3 is 2.58 bits per heavy atom. The Morgan fingerprint density at radius 1 is 1.12 bits per heavy atom. The van der Waals surface area contributed by atoms with Crippen molar-refractivity contribution in [3.63, 3.8) is 0 Å². The van der Waals surface area contributed by atoms with Crippen LogP contribution in [0.4, 0.5) is 4.79 Å². The predicted octanol–water partition coefficient (Wildman–Crippen LogP) is 4.29. The summed E-state index contributed by atoms with van der Waals surface area (Å²) >= 11 is 6.32. The molecule has 1 aliphatic carbocycles. The molecule has 0 radical (unpaired) electrons. The van der Waals surface area contributed by atoms with Gasteiger partial charge in [-0.05, 0) is 62.8 Å². The zero-order valence-corrected chi connectivity index (χ0v) is 19.9. The van der Waals surface area contributed by atoms with Gasteiger partial charge in [-0.1, -0.05) is 18.5 Å². The van der Waals surface area contributed by atoms with E-state index in [0.29, 0.717) is 29.8 Å². The highest BCUT2D eigenvalue weighted by molar-refractivity contribution is 6.30. The lowest BCUT2D eigenvalue weighted by Crippen LogP contribution is -2.39. The van der Waals surface area contributed by atoms with E-state index in [4.69, 9.17) is 16.3 Å². The van der Waals surface area contributed by atoms with Crippen LogP contribution < -0.4 is 0 Å². The maximum atomic E-state index is 12.9. The van der Waals surface area contributed by atoms with E-state index >= 15 is 0 Å². The van der Waals surface area contributed by atoms with Crippen molar-refractivity contribution < 1.29 is 14.3 Å². The molecule has 0 bridgehead atoms. The number of halogens is 1. The Morgan fingerprint density at radius 2 is 1.88 bits per heavy atom. The van der Waals surface area contributed by atoms with Crippen LogP contribution in [0, 0.1) is 5.92 Å². The standard InChI is InChI=1S/C24H30ClN5O3/c1-3-15(2)33-24(32)29-13-18-12-19(25)6-7-20(18)30-21(14-29)26-27-22(30)16-8-10-28(11-9-16)23(31)17-4-5-17/h6-7,12,15-17H,3-5,8-11,13-14H2,1-2H3/t15-/m1/s1. The van der Waals surface area contributed by atoms with Gasteiger partial charge in [0, 0.05) is 29.9 Å². The summed E-state index contributed by atoms with van der Waals surface area (Å²) < 4.78 is 7.68. The van der Waals surface area contributed by atoms with Gasteiger partial charge in [0.15, 0.2) is 5.82 Å². The number of hydrogen-bond donors (Lipinski definition) is 0. The Balaban J connectivity index is 1.43. The van der Waals surface area contributed by atoms with Crippen LogP contribution in [0.2, 0.25) is 5.02 Å². The van der Waals surface area contributed by atoms with Crippen LogP contribution in [0.1, 0.15) is 69.1 Å². The molecular formula is C24H30ClN5O3. The minimum Gasteiger partial charge on any atom is -0.446 e. The second-order valence-electron chi connectivity index (χ2n) is 9.42. The number of aromatic nitrogens is 3. The van der Waals surface area contributed by atoms with E-state index in [1.165, 1.54) is 0 Å². The first kappa shape index (κ1) is 22.2. The van der Waals surface area contributed by atoms with Gasteiger partial charge < -0.3 is 9.64 Å². The summed E-state index contributed by atoms with van der Waals surface area (Å²) in [6.45, 7) is 6.09. The normalized spacial score (nSPS) is 19.5. The Labute approximate surface area is 198 Å². The van der Waals surface area contributed by atoms with E-state index in [1.807, 2.05) is 36.9 Å². The van der Waals surface area contributed by atoms with Crippen molar-refractivity contribution in [2.24, 2.45) is 5.92 Å². The number of amides is 2. The number of carbonyl (C=O) groups excluding carboxylic acids is 2. The van der Waals surface area contributed by atoms with E-state index in [1.54, 1.807) is 4.90 Å². The van der Waals surface area contributed by atoms with Gasteiger partial charge in [0.2, 0.25) is 5.91 Å². The monoisotopic (exact) mass is 471 g/mol.